The Morgan fingerprint density at radius 3 is 2.08 bits per heavy atom. The van der Waals surface area contributed by atoms with E-state index in [0.29, 0.717) is 0 Å². The van der Waals surface area contributed by atoms with Gasteiger partial charge in [-0.2, -0.15) is 13.2 Å². The summed E-state index contributed by atoms with van der Waals surface area (Å²) in [6, 6.07) is 6.78. The number of nitrogens with zero attached hydrogens (tertiary/aromatic N) is 2. The number of imidazole rings is 1. The largest absolute Gasteiger partial charge is 0.741 e. The molecule has 0 aliphatic rings. The van der Waals surface area contributed by atoms with Crippen LogP contribution < -0.4 is 8.15 Å². The SMILES string of the molecule is C[n+]1ccn(-c2cc(Br)c[c]([Sn]([CH3])([CH3])[CH3])c2)c1.O=S(=O)([O-])C(F)(F)F. The fourth-order valence-corrected chi connectivity index (χ4v) is 6.18. The molecule has 11 heteroatoms. The van der Waals surface area contributed by atoms with Crippen molar-refractivity contribution in [3.8, 4) is 5.69 Å². The van der Waals surface area contributed by atoms with Gasteiger partial charge >= 0.3 is 121 Å². The van der Waals surface area contributed by atoms with Crippen LogP contribution in [0.1, 0.15) is 0 Å². The number of alkyl halides is 3. The summed E-state index contributed by atoms with van der Waals surface area (Å²) < 4.78 is 65.8. The third-order valence-electron chi connectivity index (χ3n) is 3.10. The van der Waals surface area contributed by atoms with E-state index in [9.17, 15) is 13.2 Å². The summed E-state index contributed by atoms with van der Waals surface area (Å²) in [6.45, 7) is 0. The molecule has 0 N–H and O–H groups in total. The third kappa shape index (κ3) is 6.91. The van der Waals surface area contributed by atoms with E-state index in [1.807, 2.05) is 7.05 Å². The Bertz CT molecular complexity index is 846. The number of halogens is 4. The van der Waals surface area contributed by atoms with Gasteiger partial charge < -0.3 is 4.55 Å². The molecule has 1 aromatic heterocycles. The van der Waals surface area contributed by atoms with Crippen LogP contribution in [0.2, 0.25) is 14.8 Å². The second kappa shape index (κ2) is 7.97. The van der Waals surface area contributed by atoms with Crippen LogP contribution in [0.25, 0.3) is 5.69 Å². The van der Waals surface area contributed by atoms with Gasteiger partial charge in [0, 0.05) is 0 Å². The minimum atomic E-state index is -6.09. The average molecular weight is 550 g/mol. The second-order valence-corrected chi connectivity index (χ2v) is 23.1. The van der Waals surface area contributed by atoms with Gasteiger partial charge in [0.05, 0.1) is 0 Å². The molecule has 0 atom stereocenters. The fraction of sp³-hybridized carbons (Fsp3) is 0.357. The van der Waals surface area contributed by atoms with Gasteiger partial charge in [-0.25, -0.2) is 8.42 Å². The van der Waals surface area contributed by atoms with E-state index in [4.69, 9.17) is 13.0 Å². The second-order valence-electron chi connectivity index (χ2n) is 6.33. The molecule has 5 nitrogen and oxygen atoms in total. The maximum absolute atomic E-state index is 10.7. The first kappa shape index (κ1) is 22.4. The van der Waals surface area contributed by atoms with Crippen LogP contribution in [0.15, 0.2) is 41.4 Å². The van der Waals surface area contributed by atoms with E-state index in [-0.39, 0.29) is 0 Å². The van der Waals surface area contributed by atoms with Crippen LogP contribution in [0.3, 0.4) is 0 Å². The van der Waals surface area contributed by atoms with E-state index in [1.165, 1.54) is 10.2 Å². The first-order chi connectivity index (χ1) is 11.1. The van der Waals surface area contributed by atoms with Gasteiger partial charge in [0.25, 0.3) is 0 Å². The standard InChI is InChI=1S/C10H9BrN2.CHF3O3S.3CH3.Sn/c1-12-5-6-13(8-12)10-4-2-3-9(11)7-10;2-1(3,4)8(5,6)7;;;;/h3-8H,1H3;(H,5,6,7);3*1H3;/q+1;;;;;/p-1. The van der Waals surface area contributed by atoms with Gasteiger partial charge in [-0.1, -0.05) is 0 Å². The summed E-state index contributed by atoms with van der Waals surface area (Å²) in [5.74, 6) is 0. The van der Waals surface area contributed by atoms with Crippen molar-refractivity contribution in [2.45, 2.75) is 20.3 Å². The molecular formula is C14H18BrF3N2O3SSn. The fourth-order valence-electron chi connectivity index (χ4n) is 1.76. The molecule has 2 aromatic rings. The van der Waals surface area contributed by atoms with Gasteiger partial charge in [0.2, 0.25) is 0 Å². The van der Waals surface area contributed by atoms with Gasteiger partial charge in [0.1, 0.15) is 0 Å². The van der Waals surface area contributed by atoms with Crippen molar-refractivity contribution in [3.63, 3.8) is 0 Å². The summed E-state index contributed by atoms with van der Waals surface area (Å²) >= 11 is 1.62. The molecule has 0 fully saturated rings. The van der Waals surface area contributed by atoms with Crippen LogP contribution in [0, 0.1) is 0 Å². The van der Waals surface area contributed by atoms with Crippen molar-refractivity contribution in [3.05, 3.63) is 41.4 Å². The van der Waals surface area contributed by atoms with Gasteiger partial charge in [-0.3, -0.25) is 0 Å². The van der Waals surface area contributed by atoms with Gasteiger partial charge in [-0.05, 0) is 0 Å². The molecule has 0 spiro atoms. The van der Waals surface area contributed by atoms with Crippen molar-refractivity contribution in [2.75, 3.05) is 0 Å². The maximum Gasteiger partial charge on any atom is 0.485 e. The normalized spacial score (nSPS) is 12.5. The Kier molecular flexibility index (Phi) is 7.16. The Morgan fingerprint density at radius 1 is 1.20 bits per heavy atom. The molecule has 2 rings (SSSR count). The summed E-state index contributed by atoms with van der Waals surface area (Å²) in [6.07, 6.45) is 6.23. The van der Waals surface area contributed by atoms with Gasteiger partial charge in [0.15, 0.2) is 10.1 Å². The molecule has 0 unspecified atom stereocenters. The summed E-state index contributed by atoms with van der Waals surface area (Å²) in [5, 5.41) is 0. The molecule has 0 saturated heterocycles. The number of benzene rings is 1. The Labute approximate surface area is 157 Å². The first-order valence-electron chi connectivity index (χ1n) is 6.98. The topological polar surface area (TPSA) is 66.0 Å². The molecule has 25 heavy (non-hydrogen) atoms. The summed E-state index contributed by atoms with van der Waals surface area (Å²) in [7, 11) is -4.05. The van der Waals surface area contributed by atoms with E-state index < -0.39 is 34.0 Å². The molecular weight excluding hydrogens is 532 g/mol. The molecule has 1 heterocycles. The van der Waals surface area contributed by atoms with Crippen molar-refractivity contribution in [1.82, 2.24) is 4.57 Å². The molecule has 0 amide bonds. The van der Waals surface area contributed by atoms with Crippen molar-refractivity contribution in [1.29, 1.82) is 0 Å². The smallest absolute Gasteiger partial charge is 0.485 e. The summed E-state index contributed by atoms with van der Waals surface area (Å²) in [4.78, 5) is 7.32. The monoisotopic (exact) mass is 550 g/mol. The zero-order valence-corrected chi connectivity index (χ0v) is 19.3. The Morgan fingerprint density at radius 2 is 1.72 bits per heavy atom. The number of hydrogen-bond acceptors (Lipinski definition) is 3. The predicted octanol–water partition coefficient (Wildman–Crippen LogP) is 2.66. The molecule has 0 radical (unpaired) electrons. The first-order valence-corrected chi connectivity index (χ1v) is 19.2. The number of rotatable bonds is 2. The van der Waals surface area contributed by atoms with Crippen LogP contribution in [-0.2, 0) is 17.2 Å². The molecule has 0 bridgehead atoms. The number of aromatic nitrogens is 2. The third-order valence-corrected chi connectivity index (χ3v) is 9.89. The minimum Gasteiger partial charge on any atom is -0.741 e. The average Bonchev–Trinajstić information content (AvgIpc) is 2.82. The van der Waals surface area contributed by atoms with E-state index in [2.05, 4.69) is 76.8 Å². The zero-order valence-electron chi connectivity index (χ0n) is 14.0. The Balaban J connectivity index is 0.000000333. The van der Waals surface area contributed by atoms with E-state index in [1.54, 1.807) is 3.58 Å². The Hall–Kier alpha value is -0.591. The van der Waals surface area contributed by atoms with Gasteiger partial charge in [-0.15, -0.1) is 0 Å². The predicted molar refractivity (Wildman–Crippen MR) is 93.4 cm³/mol. The number of hydrogen-bond donors (Lipinski definition) is 0. The van der Waals surface area contributed by atoms with Crippen molar-refractivity contribution >= 4 is 48.0 Å². The molecule has 140 valence electrons. The summed E-state index contributed by atoms with van der Waals surface area (Å²) in [5.41, 5.74) is -4.41. The van der Waals surface area contributed by atoms with E-state index in [0.717, 1.165) is 0 Å². The number of aryl methyl sites for hydroxylation is 1. The van der Waals surface area contributed by atoms with Crippen LogP contribution in [0.4, 0.5) is 13.2 Å². The minimum absolute atomic E-state index is 1.17. The molecule has 1 aromatic carbocycles. The van der Waals surface area contributed by atoms with Crippen LogP contribution in [0.5, 0.6) is 0 Å². The van der Waals surface area contributed by atoms with Crippen LogP contribution >= 0.6 is 15.9 Å². The molecule has 0 saturated carbocycles. The van der Waals surface area contributed by atoms with Crippen molar-refractivity contribution in [2.24, 2.45) is 7.05 Å². The quantitative estimate of drug-likeness (QED) is 0.250. The van der Waals surface area contributed by atoms with E-state index >= 15 is 0 Å². The molecule has 0 aliphatic carbocycles. The zero-order chi connectivity index (χ0) is 19.6. The maximum atomic E-state index is 10.7. The molecule has 0 aliphatic heterocycles. The van der Waals surface area contributed by atoms with Crippen molar-refractivity contribution < 1.29 is 30.7 Å². The van der Waals surface area contributed by atoms with Crippen LogP contribution in [-0.4, -0.2) is 41.4 Å².